The molecule has 0 aliphatic rings. The molecule has 0 fully saturated rings. The van der Waals surface area contributed by atoms with E-state index in [9.17, 15) is 9.59 Å². The van der Waals surface area contributed by atoms with Gasteiger partial charge in [0.15, 0.2) is 6.61 Å². The fraction of sp³-hybridized carbons (Fsp3) is 0.150. The summed E-state index contributed by atoms with van der Waals surface area (Å²) in [6.07, 6.45) is 1.98. The second kappa shape index (κ2) is 8.83. The van der Waals surface area contributed by atoms with Crippen molar-refractivity contribution in [3.63, 3.8) is 0 Å². The van der Waals surface area contributed by atoms with E-state index >= 15 is 0 Å². The van der Waals surface area contributed by atoms with Gasteiger partial charge in [-0.3, -0.25) is 4.79 Å². The monoisotopic (exact) mass is 398 g/mol. The third kappa shape index (κ3) is 4.96. The van der Waals surface area contributed by atoms with Gasteiger partial charge in [-0.05, 0) is 37.4 Å². The number of thioether (sulfide) groups is 1. The minimum Gasteiger partial charge on any atom is -0.451 e. The fourth-order valence-corrected chi connectivity index (χ4v) is 3.73. The van der Waals surface area contributed by atoms with Gasteiger partial charge >= 0.3 is 5.97 Å². The number of amides is 1. The average molecular weight is 399 g/mol. The highest BCUT2D eigenvalue weighted by atomic mass is 32.2. The number of ether oxygens (including phenoxy) is 1. The van der Waals surface area contributed by atoms with Crippen LogP contribution in [0.25, 0.3) is 10.6 Å². The van der Waals surface area contributed by atoms with Crippen molar-refractivity contribution in [1.82, 2.24) is 4.98 Å². The predicted octanol–water partition coefficient (Wildman–Crippen LogP) is 4.64. The zero-order chi connectivity index (χ0) is 19.2. The van der Waals surface area contributed by atoms with E-state index in [0.29, 0.717) is 16.3 Å². The van der Waals surface area contributed by atoms with Crippen LogP contribution >= 0.6 is 23.1 Å². The van der Waals surface area contributed by atoms with Gasteiger partial charge in [-0.2, -0.15) is 0 Å². The molecule has 7 heteroatoms. The van der Waals surface area contributed by atoms with E-state index < -0.39 is 5.97 Å². The van der Waals surface area contributed by atoms with Crippen LogP contribution in [-0.2, 0) is 9.53 Å². The zero-order valence-corrected chi connectivity index (χ0v) is 16.5. The summed E-state index contributed by atoms with van der Waals surface area (Å²) in [4.78, 5) is 30.3. The molecule has 1 heterocycles. The molecule has 27 heavy (non-hydrogen) atoms. The van der Waals surface area contributed by atoms with Crippen LogP contribution < -0.4 is 5.32 Å². The fourth-order valence-electron chi connectivity index (χ4n) is 2.36. The van der Waals surface area contributed by atoms with Gasteiger partial charge in [-0.25, -0.2) is 9.78 Å². The maximum Gasteiger partial charge on any atom is 0.350 e. The van der Waals surface area contributed by atoms with Crippen LogP contribution in [0.15, 0.2) is 59.5 Å². The summed E-state index contributed by atoms with van der Waals surface area (Å²) in [7, 11) is 0. The number of anilines is 1. The Morgan fingerprint density at radius 1 is 1.11 bits per heavy atom. The number of aryl methyl sites for hydroxylation is 1. The molecule has 0 saturated carbocycles. The van der Waals surface area contributed by atoms with Crippen LogP contribution in [-0.4, -0.2) is 29.7 Å². The number of nitrogens with zero attached hydrogens (tertiary/aromatic N) is 1. The third-order valence-electron chi connectivity index (χ3n) is 3.71. The summed E-state index contributed by atoms with van der Waals surface area (Å²) < 4.78 is 5.15. The Bertz CT molecular complexity index is 938. The Morgan fingerprint density at radius 2 is 1.81 bits per heavy atom. The molecule has 1 N–H and O–H groups in total. The predicted molar refractivity (Wildman–Crippen MR) is 109 cm³/mol. The van der Waals surface area contributed by atoms with Gasteiger partial charge in [0.2, 0.25) is 0 Å². The minimum absolute atomic E-state index is 0.346. The van der Waals surface area contributed by atoms with Gasteiger partial charge in [0.1, 0.15) is 9.88 Å². The van der Waals surface area contributed by atoms with Crippen molar-refractivity contribution in [2.24, 2.45) is 0 Å². The second-order valence-corrected chi connectivity index (χ2v) is 7.53. The Balaban J connectivity index is 1.59. The molecule has 0 atom stereocenters. The largest absolute Gasteiger partial charge is 0.451 e. The van der Waals surface area contributed by atoms with E-state index in [1.807, 2.05) is 60.9 Å². The maximum atomic E-state index is 12.3. The van der Waals surface area contributed by atoms with Crippen LogP contribution in [0.3, 0.4) is 0 Å². The average Bonchev–Trinajstić information content (AvgIpc) is 3.09. The summed E-state index contributed by atoms with van der Waals surface area (Å²) in [6.45, 7) is 1.41. The van der Waals surface area contributed by atoms with Crippen molar-refractivity contribution in [1.29, 1.82) is 0 Å². The standard InChI is InChI=1S/C20H18N2O3S2/c1-13-18(27-19(21-13)14-6-4-3-5-7-14)20(24)25-12-17(23)22-15-8-10-16(26-2)11-9-15/h3-11H,12H2,1-2H3,(H,22,23). The van der Waals surface area contributed by atoms with Crippen LogP contribution in [0.4, 0.5) is 5.69 Å². The normalized spacial score (nSPS) is 10.4. The van der Waals surface area contributed by atoms with E-state index in [4.69, 9.17) is 4.74 Å². The van der Waals surface area contributed by atoms with Crippen molar-refractivity contribution in [2.75, 3.05) is 18.2 Å². The number of carbonyl (C=O) groups is 2. The lowest BCUT2D eigenvalue weighted by Gasteiger charge is -2.06. The van der Waals surface area contributed by atoms with Crippen molar-refractivity contribution in [3.8, 4) is 10.6 Å². The Morgan fingerprint density at radius 3 is 2.48 bits per heavy atom. The van der Waals surface area contributed by atoms with Crippen LogP contribution in [0.2, 0.25) is 0 Å². The summed E-state index contributed by atoms with van der Waals surface area (Å²) in [5.74, 6) is -0.925. The highest BCUT2D eigenvalue weighted by molar-refractivity contribution is 7.98. The molecule has 3 aromatic rings. The zero-order valence-electron chi connectivity index (χ0n) is 14.9. The first-order chi connectivity index (χ1) is 13.1. The van der Waals surface area contributed by atoms with Crippen LogP contribution in [0, 0.1) is 6.92 Å². The molecule has 0 unspecified atom stereocenters. The molecular formula is C20H18N2O3S2. The quantitative estimate of drug-likeness (QED) is 0.484. The van der Waals surface area contributed by atoms with Gasteiger partial charge in [-0.15, -0.1) is 23.1 Å². The van der Waals surface area contributed by atoms with Crippen LogP contribution in [0.1, 0.15) is 15.4 Å². The van der Waals surface area contributed by atoms with Crippen molar-refractivity contribution < 1.29 is 14.3 Å². The first-order valence-corrected chi connectivity index (χ1v) is 10.2. The molecule has 0 aliphatic carbocycles. The first kappa shape index (κ1) is 19.1. The molecule has 1 aromatic heterocycles. The maximum absolute atomic E-state index is 12.3. The molecule has 2 aromatic carbocycles. The number of aromatic nitrogens is 1. The molecular weight excluding hydrogens is 380 g/mol. The number of hydrogen-bond donors (Lipinski definition) is 1. The molecule has 0 spiro atoms. The molecule has 138 valence electrons. The van der Waals surface area contributed by atoms with E-state index in [1.54, 1.807) is 18.7 Å². The number of carbonyl (C=O) groups excluding carboxylic acids is 2. The molecule has 5 nitrogen and oxygen atoms in total. The molecule has 1 amide bonds. The SMILES string of the molecule is CSc1ccc(NC(=O)COC(=O)c2sc(-c3ccccc3)nc2C)cc1. The van der Waals surface area contributed by atoms with Gasteiger partial charge in [0.05, 0.1) is 5.69 Å². The second-order valence-electron chi connectivity index (χ2n) is 5.65. The van der Waals surface area contributed by atoms with E-state index in [-0.39, 0.29) is 12.5 Å². The summed E-state index contributed by atoms with van der Waals surface area (Å²) in [6, 6.07) is 17.1. The van der Waals surface area contributed by atoms with Gasteiger partial charge in [-0.1, -0.05) is 30.3 Å². The van der Waals surface area contributed by atoms with Crippen molar-refractivity contribution >= 4 is 40.7 Å². The highest BCUT2D eigenvalue weighted by Crippen LogP contribution is 2.28. The summed E-state index contributed by atoms with van der Waals surface area (Å²) >= 11 is 2.88. The van der Waals surface area contributed by atoms with E-state index in [2.05, 4.69) is 10.3 Å². The summed E-state index contributed by atoms with van der Waals surface area (Å²) in [5.41, 5.74) is 2.20. The van der Waals surface area contributed by atoms with Crippen molar-refractivity contribution in [2.45, 2.75) is 11.8 Å². The molecule has 3 rings (SSSR count). The Kier molecular flexibility index (Phi) is 6.26. The molecule has 0 aliphatic heterocycles. The highest BCUT2D eigenvalue weighted by Gasteiger charge is 2.18. The molecule has 0 saturated heterocycles. The summed E-state index contributed by atoms with van der Waals surface area (Å²) in [5, 5.41) is 3.46. The Hall–Kier alpha value is -2.64. The lowest BCUT2D eigenvalue weighted by Crippen LogP contribution is -2.20. The smallest absolute Gasteiger partial charge is 0.350 e. The minimum atomic E-state index is -0.542. The lowest BCUT2D eigenvalue weighted by atomic mass is 10.2. The molecule has 0 radical (unpaired) electrons. The number of nitrogens with one attached hydrogen (secondary N) is 1. The lowest BCUT2D eigenvalue weighted by molar-refractivity contribution is -0.119. The Labute approximate surface area is 165 Å². The van der Waals surface area contributed by atoms with Gasteiger partial charge < -0.3 is 10.1 Å². The number of hydrogen-bond acceptors (Lipinski definition) is 6. The third-order valence-corrected chi connectivity index (χ3v) is 5.64. The number of thiazole rings is 1. The van der Waals surface area contributed by atoms with Crippen molar-refractivity contribution in [3.05, 3.63) is 65.2 Å². The van der Waals surface area contributed by atoms with E-state index in [0.717, 1.165) is 15.5 Å². The number of rotatable bonds is 6. The van der Waals surface area contributed by atoms with Gasteiger partial charge in [0, 0.05) is 16.1 Å². The topological polar surface area (TPSA) is 68.3 Å². The van der Waals surface area contributed by atoms with E-state index in [1.165, 1.54) is 11.3 Å². The number of esters is 1. The molecule has 0 bridgehead atoms. The first-order valence-electron chi connectivity index (χ1n) is 8.20. The number of benzene rings is 2. The van der Waals surface area contributed by atoms with Crippen LogP contribution in [0.5, 0.6) is 0 Å². The van der Waals surface area contributed by atoms with Gasteiger partial charge in [0.25, 0.3) is 5.91 Å².